The van der Waals surface area contributed by atoms with Gasteiger partial charge in [0.1, 0.15) is 6.10 Å². The van der Waals surface area contributed by atoms with E-state index in [0.717, 1.165) is 6.42 Å². The van der Waals surface area contributed by atoms with E-state index in [1.165, 1.54) is 30.3 Å². The summed E-state index contributed by atoms with van der Waals surface area (Å²) in [6.07, 6.45) is 0.924. The summed E-state index contributed by atoms with van der Waals surface area (Å²) in [4.78, 5) is 36.0. The molecule has 0 aromatic heterocycles. The van der Waals surface area contributed by atoms with Crippen molar-refractivity contribution >= 4 is 40.8 Å². The smallest absolute Gasteiger partial charge is 0.337 e. The number of anilines is 2. The van der Waals surface area contributed by atoms with Crippen LogP contribution in [-0.2, 0) is 9.53 Å². The molecule has 1 aliphatic rings. The van der Waals surface area contributed by atoms with Crippen LogP contribution >= 0.6 is 11.6 Å². The standard InChI is InChI=1S/C19H17ClN2O5/c20-13-8-7-11(10-15(13)22-18(24)16-6-3-9-27-16)17(23)21-14-5-2-1-4-12(14)19(25)26/h1-2,4-5,7-8,10,16H,3,6,9H2,(H,21,23)(H,22,24)(H,25,26). The van der Waals surface area contributed by atoms with Gasteiger partial charge in [-0.25, -0.2) is 4.79 Å². The molecule has 27 heavy (non-hydrogen) atoms. The van der Waals surface area contributed by atoms with Crippen LogP contribution in [0, 0.1) is 0 Å². The molecule has 2 aromatic rings. The highest BCUT2D eigenvalue weighted by Crippen LogP contribution is 2.25. The van der Waals surface area contributed by atoms with Gasteiger partial charge in [-0.2, -0.15) is 0 Å². The lowest BCUT2D eigenvalue weighted by Gasteiger charge is -2.13. The first kappa shape index (κ1) is 18.9. The molecule has 0 radical (unpaired) electrons. The number of hydrogen-bond donors (Lipinski definition) is 3. The van der Waals surface area contributed by atoms with Gasteiger partial charge >= 0.3 is 5.97 Å². The second kappa shape index (κ2) is 8.20. The Kier molecular flexibility index (Phi) is 5.73. The largest absolute Gasteiger partial charge is 0.478 e. The molecular weight excluding hydrogens is 372 g/mol. The molecule has 2 amide bonds. The number of carbonyl (C=O) groups is 3. The number of ether oxygens (including phenoxy) is 1. The van der Waals surface area contributed by atoms with Gasteiger partial charge in [-0.3, -0.25) is 9.59 Å². The number of hydrogen-bond acceptors (Lipinski definition) is 4. The van der Waals surface area contributed by atoms with E-state index in [-0.39, 0.29) is 33.4 Å². The zero-order valence-electron chi connectivity index (χ0n) is 14.2. The molecule has 3 rings (SSSR count). The summed E-state index contributed by atoms with van der Waals surface area (Å²) in [5.74, 6) is -1.98. The first-order valence-corrected chi connectivity index (χ1v) is 8.69. The Hall–Kier alpha value is -2.90. The molecule has 0 bridgehead atoms. The van der Waals surface area contributed by atoms with Crippen LogP contribution in [0.5, 0.6) is 0 Å². The molecule has 1 aliphatic heterocycles. The molecule has 0 saturated carbocycles. The van der Waals surface area contributed by atoms with Crippen LogP contribution in [0.2, 0.25) is 5.02 Å². The van der Waals surface area contributed by atoms with Crippen LogP contribution in [0.1, 0.15) is 33.6 Å². The topological polar surface area (TPSA) is 105 Å². The van der Waals surface area contributed by atoms with Crippen LogP contribution in [0.4, 0.5) is 11.4 Å². The Morgan fingerprint density at radius 2 is 1.85 bits per heavy atom. The van der Waals surface area contributed by atoms with Crippen LogP contribution in [0.15, 0.2) is 42.5 Å². The predicted molar refractivity (Wildman–Crippen MR) is 100 cm³/mol. The molecule has 0 aliphatic carbocycles. The normalized spacial score (nSPS) is 16.0. The minimum absolute atomic E-state index is 0.0216. The number of carboxylic acids is 1. The molecule has 1 heterocycles. The van der Waals surface area contributed by atoms with Crippen molar-refractivity contribution in [1.82, 2.24) is 0 Å². The predicted octanol–water partition coefficient (Wildman–Crippen LogP) is 3.41. The molecule has 1 atom stereocenters. The Balaban J connectivity index is 1.78. The average molecular weight is 389 g/mol. The van der Waals surface area contributed by atoms with Crippen molar-refractivity contribution in [3.05, 3.63) is 58.6 Å². The zero-order valence-corrected chi connectivity index (χ0v) is 15.0. The minimum atomic E-state index is -1.15. The third kappa shape index (κ3) is 4.45. The maximum atomic E-state index is 12.5. The highest BCUT2D eigenvalue weighted by atomic mass is 35.5. The van der Waals surface area contributed by atoms with E-state index < -0.39 is 18.0 Å². The fraction of sp³-hybridized carbons (Fsp3) is 0.211. The Bertz CT molecular complexity index is 893. The summed E-state index contributed by atoms with van der Waals surface area (Å²) in [7, 11) is 0. The second-order valence-electron chi connectivity index (χ2n) is 5.99. The van der Waals surface area contributed by atoms with Crippen LogP contribution < -0.4 is 10.6 Å². The molecule has 3 N–H and O–H groups in total. The number of benzene rings is 2. The summed E-state index contributed by atoms with van der Waals surface area (Å²) in [6, 6.07) is 10.5. The molecule has 1 saturated heterocycles. The number of para-hydroxylation sites is 1. The number of carbonyl (C=O) groups excluding carboxylic acids is 2. The van der Waals surface area contributed by atoms with E-state index in [0.29, 0.717) is 13.0 Å². The molecule has 8 heteroatoms. The molecule has 7 nitrogen and oxygen atoms in total. The van der Waals surface area contributed by atoms with Crippen LogP contribution in [0.25, 0.3) is 0 Å². The summed E-state index contributed by atoms with van der Waals surface area (Å²) in [6.45, 7) is 0.539. The number of amides is 2. The van der Waals surface area contributed by atoms with Crippen molar-refractivity contribution in [3.63, 3.8) is 0 Å². The van der Waals surface area contributed by atoms with Crippen molar-refractivity contribution in [3.8, 4) is 0 Å². The maximum Gasteiger partial charge on any atom is 0.337 e. The van der Waals surface area contributed by atoms with Gasteiger partial charge in [-0.05, 0) is 43.2 Å². The quantitative estimate of drug-likeness (QED) is 0.728. The Labute approximate surface area is 160 Å². The number of halogens is 1. The van der Waals surface area contributed by atoms with Crippen molar-refractivity contribution in [1.29, 1.82) is 0 Å². The van der Waals surface area contributed by atoms with E-state index in [1.807, 2.05) is 0 Å². The lowest BCUT2D eigenvalue weighted by Crippen LogP contribution is -2.27. The monoisotopic (exact) mass is 388 g/mol. The summed E-state index contributed by atoms with van der Waals surface area (Å²) in [5.41, 5.74) is 0.667. The third-order valence-electron chi connectivity index (χ3n) is 4.11. The second-order valence-corrected chi connectivity index (χ2v) is 6.40. The molecular formula is C19H17ClN2O5. The number of aromatic carboxylic acids is 1. The maximum absolute atomic E-state index is 12.5. The molecule has 2 aromatic carbocycles. The fourth-order valence-electron chi connectivity index (χ4n) is 2.73. The zero-order chi connectivity index (χ0) is 19.4. The van der Waals surface area contributed by atoms with Gasteiger partial charge in [-0.15, -0.1) is 0 Å². The van der Waals surface area contributed by atoms with Gasteiger partial charge in [0.2, 0.25) is 0 Å². The van der Waals surface area contributed by atoms with Gasteiger partial charge in [-0.1, -0.05) is 23.7 Å². The Morgan fingerprint density at radius 3 is 2.56 bits per heavy atom. The van der Waals surface area contributed by atoms with Gasteiger partial charge in [0.25, 0.3) is 11.8 Å². The summed E-state index contributed by atoms with van der Waals surface area (Å²) in [5, 5.41) is 14.7. The summed E-state index contributed by atoms with van der Waals surface area (Å²) < 4.78 is 5.33. The average Bonchev–Trinajstić information content (AvgIpc) is 3.18. The van der Waals surface area contributed by atoms with Crippen LogP contribution in [0.3, 0.4) is 0 Å². The summed E-state index contributed by atoms with van der Waals surface area (Å²) >= 11 is 6.11. The molecule has 1 fully saturated rings. The highest BCUT2D eigenvalue weighted by Gasteiger charge is 2.24. The molecule has 1 unspecified atom stereocenters. The minimum Gasteiger partial charge on any atom is -0.478 e. The first-order chi connectivity index (χ1) is 13.0. The van der Waals surface area contributed by atoms with E-state index in [2.05, 4.69) is 10.6 Å². The van der Waals surface area contributed by atoms with Crippen molar-refractivity contribution in [2.45, 2.75) is 18.9 Å². The third-order valence-corrected chi connectivity index (χ3v) is 4.44. The van der Waals surface area contributed by atoms with E-state index >= 15 is 0 Å². The van der Waals surface area contributed by atoms with Crippen LogP contribution in [-0.4, -0.2) is 35.6 Å². The number of carboxylic acid groups (broad SMARTS) is 1. The van der Waals surface area contributed by atoms with E-state index in [9.17, 15) is 19.5 Å². The number of nitrogens with one attached hydrogen (secondary N) is 2. The van der Waals surface area contributed by atoms with Gasteiger partial charge in [0, 0.05) is 12.2 Å². The van der Waals surface area contributed by atoms with Crippen molar-refractivity contribution in [2.75, 3.05) is 17.2 Å². The Morgan fingerprint density at radius 1 is 1.07 bits per heavy atom. The lowest BCUT2D eigenvalue weighted by molar-refractivity contribution is -0.124. The highest BCUT2D eigenvalue weighted by molar-refractivity contribution is 6.34. The van der Waals surface area contributed by atoms with Crippen molar-refractivity contribution in [2.24, 2.45) is 0 Å². The molecule has 140 valence electrons. The SMILES string of the molecule is O=C(Nc1ccccc1C(=O)O)c1ccc(Cl)c(NC(=O)C2CCCO2)c1. The van der Waals surface area contributed by atoms with Crippen molar-refractivity contribution < 1.29 is 24.2 Å². The van der Waals surface area contributed by atoms with Gasteiger partial charge in [0.05, 0.1) is 22.0 Å². The molecule has 0 spiro atoms. The van der Waals surface area contributed by atoms with E-state index in [1.54, 1.807) is 12.1 Å². The van der Waals surface area contributed by atoms with Gasteiger partial charge in [0.15, 0.2) is 0 Å². The lowest BCUT2D eigenvalue weighted by atomic mass is 10.1. The van der Waals surface area contributed by atoms with Gasteiger partial charge < -0.3 is 20.5 Å². The van der Waals surface area contributed by atoms with E-state index in [4.69, 9.17) is 16.3 Å². The fourth-order valence-corrected chi connectivity index (χ4v) is 2.90. The first-order valence-electron chi connectivity index (χ1n) is 8.31. The number of rotatable bonds is 5.